The van der Waals surface area contributed by atoms with Gasteiger partial charge in [-0.25, -0.2) is 4.57 Å². The van der Waals surface area contributed by atoms with Gasteiger partial charge in [0.25, 0.3) is 0 Å². The van der Waals surface area contributed by atoms with Crippen LogP contribution in [-0.4, -0.2) is 74.9 Å². The first-order chi connectivity index (χ1) is 26.0. The van der Waals surface area contributed by atoms with E-state index in [2.05, 4.69) is 38.2 Å². The van der Waals surface area contributed by atoms with Crippen LogP contribution in [-0.2, 0) is 32.7 Å². The van der Waals surface area contributed by atoms with Gasteiger partial charge in [0.1, 0.15) is 19.8 Å². The van der Waals surface area contributed by atoms with Gasteiger partial charge in [-0.05, 0) is 44.9 Å². The molecule has 0 saturated heterocycles. The summed E-state index contributed by atoms with van der Waals surface area (Å²) in [6.07, 6.45) is 39.6. The summed E-state index contributed by atoms with van der Waals surface area (Å²) in [6, 6.07) is 0. The van der Waals surface area contributed by atoms with Crippen LogP contribution < -0.4 is 0 Å². The number of phosphoric ester groups is 1. The highest BCUT2D eigenvalue weighted by atomic mass is 31.2. The highest BCUT2D eigenvalue weighted by Crippen LogP contribution is 2.43. The van der Waals surface area contributed by atoms with Gasteiger partial charge in [0.2, 0.25) is 0 Å². The van der Waals surface area contributed by atoms with E-state index >= 15 is 0 Å². The number of phosphoric acid groups is 1. The highest BCUT2D eigenvalue weighted by molar-refractivity contribution is 7.47. The van der Waals surface area contributed by atoms with E-state index in [1.54, 1.807) is 0 Å². The molecule has 0 amide bonds. The van der Waals surface area contributed by atoms with Gasteiger partial charge in [0.15, 0.2) is 6.10 Å². The maximum atomic E-state index is 12.7. The molecule has 2 unspecified atom stereocenters. The number of rotatable bonds is 40. The van der Waals surface area contributed by atoms with E-state index < -0.39 is 26.5 Å². The summed E-state index contributed by atoms with van der Waals surface area (Å²) in [7, 11) is 1.48. The molecule has 0 bridgehead atoms. The predicted octanol–water partition coefficient (Wildman–Crippen LogP) is 12.4. The van der Waals surface area contributed by atoms with Crippen molar-refractivity contribution in [2.24, 2.45) is 0 Å². The summed E-state index contributed by atoms with van der Waals surface area (Å²) < 4.78 is 34.2. The molecular weight excluding hydrogens is 701 g/mol. The van der Waals surface area contributed by atoms with Gasteiger partial charge in [0, 0.05) is 12.8 Å². The van der Waals surface area contributed by atoms with Gasteiger partial charge >= 0.3 is 19.8 Å². The van der Waals surface area contributed by atoms with Crippen molar-refractivity contribution in [1.29, 1.82) is 0 Å². The Bertz CT molecular complexity index is 980. The molecule has 1 N–H and O–H groups in total. The third-order valence-electron chi connectivity index (χ3n) is 9.48. The number of hydrogen-bond acceptors (Lipinski definition) is 7. The van der Waals surface area contributed by atoms with Crippen LogP contribution in [0.15, 0.2) is 24.3 Å². The Balaban J connectivity index is 4.16. The molecule has 0 aromatic carbocycles. The van der Waals surface area contributed by atoms with Crippen LogP contribution in [0.5, 0.6) is 0 Å². The Kier molecular flexibility index (Phi) is 36.1. The molecule has 9 nitrogen and oxygen atoms in total. The first-order valence-corrected chi connectivity index (χ1v) is 23.6. The minimum atomic E-state index is -4.36. The molecule has 54 heavy (non-hydrogen) atoms. The summed E-state index contributed by atoms with van der Waals surface area (Å²) in [5.41, 5.74) is 0. The second kappa shape index (κ2) is 37.1. The van der Waals surface area contributed by atoms with Gasteiger partial charge in [-0.1, -0.05) is 160 Å². The fourth-order valence-electron chi connectivity index (χ4n) is 5.99. The minimum Gasteiger partial charge on any atom is -0.462 e. The maximum Gasteiger partial charge on any atom is 0.472 e. The number of ether oxygens (including phenoxy) is 2. The maximum absolute atomic E-state index is 12.7. The number of carbonyl (C=O) groups is 2. The summed E-state index contributed by atoms with van der Waals surface area (Å²) in [4.78, 5) is 35.1. The van der Waals surface area contributed by atoms with Crippen molar-refractivity contribution in [2.45, 2.75) is 200 Å². The third kappa shape index (κ3) is 40.2. The minimum absolute atomic E-state index is 0.0329. The zero-order valence-corrected chi connectivity index (χ0v) is 36.6. The van der Waals surface area contributed by atoms with Crippen LogP contribution >= 0.6 is 7.82 Å². The number of esters is 2. The number of allylic oxidation sites excluding steroid dienone is 4. The molecule has 0 radical (unpaired) electrons. The van der Waals surface area contributed by atoms with E-state index in [0.29, 0.717) is 17.4 Å². The fourth-order valence-corrected chi connectivity index (χ4v) is 6.73. The van der Waals surface area contributed by atoms with Gasteiger partial charge in [-0.2, -0.15) is 0 Å². The molecule has 2 atom stereocenters. The zero-order chi connectivity index (χ0) is 40.0. The largest absolute Gasteiger partial charge is 0.472 e. The molecule has 0 spiro atoms. The topological polar surface area (TPSA) is 108 Å². The Labute approximate surface area is 332 Å². The van der Waals surface area contributed by atoms with Gasteiger partial charge in [0.05, 0.1) is 27.7 Å². The molecule has 318 valence electrons. The van der Waals surface area contributed by atoms with Crippen molar-refractivity contribution in [2.75, 3.05) is 47.5 Å². The average Bonchev–Trinajstić information content (AvgIpc) is 3.12. The molecule has 0 heterocycles. The smallest absolute Gasteiger partial charge is 0.462 e. The second-order valence-electron chi connectivity index (χ2n) is 16.1. The van der Waals surface area contributed by atoms with E-state index in [1.165, 1.54) is 116 Å². The summed E-state index contributed by atoms with van der Waals surface area (Å²) in [5.74, 6) is -0.803. The fraction of sp³-hybridized carbons (Fsp3) is 0.864. The summed E-state index contributed by atoms with van der Waals surface area (Å²) in [5, 5.41) is 0. The lowest BCUT2D eigenvalue weighted by Gasteiger charge is -2.24. The van der Waals surface area contributed by atoms with Crippen molar-refractivity contribution in [1.82, 2.24) is 0 Å². The van der Waals surface area contributed by atoms with Crippen molar-refractivity contribution in [3.05, 3.63) is 24.3 Å². The van der Waals surface area contributed by atoms with Crippen LogP contribution in [0.4, 0.5) is 0 Å². The molecular formula is C44H85NO8P+. The average molecular weight is 787 g/mol. The molecule has 0 aromatic rings. The lowest BCUT2D eigenvalue weighted by molar-refractivity contribution is -0.870. The van der Waals surface area contributed by atoms with Crippen molar-refractivity contribution in [3.63, 3.8) is 0 Å². The Morgan fingerprint density at radius 1 is 0.574 bits per heavy atom. The van der Waals surface area contributed by atoms with Crippen LogP contribution in [0.25, 0.3) is 0 Å². The SMILES string of the molecule is CCCCCCC/C=C\C/C=C\CCCCCCCCCCCCCC(=O)OC(COC(=O)CCCCCCCCC)COP(=O)(O)OCC[N+](C)(C)C. The second-order valence-corrected chi connectivity index (χ2v) is 17.5. The van der Waals surface area contributed by atoms with Gasteiger partial charge < -0.3 is 18.9 Å². The van der Waals surface area contributed by atoms with Gasteiger partial charge in [-0.3, -0.25) is 18.6 Å². The normalized spacial score (nSPS) is 13.8. The number of quaternary nitrogens is 1. The molecule has 0 aliphatic rings. The summed E-state index contributed by atoms with van der Waals surface area (Å²) in [6.45, 7) is 4.37. The quantitative estimate of drug-likeness (QED) is 0.0215. The van der Waals surface area contributed by atoms with E-state index in [9.17, 15) is 19.0 Å². The molecule has 10 heteroatoms. The molecule has 0 aliphatic heterocycles. The molecule has 0 saturated carbocycles. The van der Waals surface area contributed by atoms with Crippen LogP contribution in [0.1, 0.15) is 194 Å². The highest BCUT2D eigenvalue weighted by Gasteiger charge is 2.27. The lowest BCUT2D eigenvalue weighted by Crippen LogP contribution is -2.37. The molecule has 0 fully saturated rings. The first kappa shape index (κ1) is 52.5. The van der Waals surface area contributed by atoms with E-state index in [0.717, 1.165) is 44.9 Å². The molecule has 0 aliphatic carbocycles. The van der Waals surface area contributed by atoms with E-state index in [1.807, 2.05) is 21.1 Å². The summed E-state index contributed by atoms with van der Waals surface area (Å²) >= 11 is 0. The van der Waals surface area contributed by atoms with E-state index in [4.69, 9.17) is 18.5 Å². The Morgan fingerprint density at radius 2 is 1.00 bits per heavy atom. The third-order valence-corrected chi connectivity index (χ3v) is 10.5. The number of hydrogen-bond donors (Lipinski definition) is 1. The number of unbranched alkanes of at least 4 members (excludes halogenated alkanes) is 22. The van der Waals surface area contributed by atoms with E-state index in [-0.39, 0.29) is 32.0 Å². The Morgan fingerprint density at radius 3 is 1.46 bits per heavy atom. The van der Waals surface area contributed by atoms with Crippen LogP contribution in [0.2, 0.25) is 0 Å². The lowest BCUT2D eigenvalue weighted by atomic mass is 10.0. The number of carbonyl (C=O) groups excluding carboxylic acids is 2. The van der Waals surface area contributed by atoms with Crippen molar-refractivity contribution >= 4 is 19.8 Å². The number of nitrogens with zero attached hydrogens (tertiary/aromatic N) is 1. The molecule has 0 rings (SSSR count). The monoisotopic (exact) mass is 787 g/mol. The van der Waals surface area contributed by atoms with Crippen LogP contribution in [0, 0.1) is 0 Å². The van der Waals surface area contributed by atoms with Crippen molar-refractivity contribution < 1.29 is 42.1 Å². The van der Waals surface area contributed by atoms with Crippen LogP contribution in [0.3, 0.4) is 0 Å². The van der Waals surface area contributed by atoms with Crippen molar-refractivity contribution in [3.8, 4) is 0 Å². The Hall–Kier alpha value is -1.51. The molecule has 0 aromatic heterocycles. The first-order valence-electron chi connectivity index (χ1n) is 22.1. The number of likely N-dealkylation sites (N-methyl/N-ethyl adjacent to an activating group) is 1. The standard InChI is InChI=1S/C44H84NO8P/c1-6-8-10-12-14-15-16-17-18-19-20-21-22-23-24-25-26-27-28-29-31-33-35-37-44(47)53-42(41-52-54(48,49)51-39-38-45(3,4)5)40-50-43(46)36-34-32-30-13-11-9-7-2/h16-17,19-20,42H,6-15,18,21-41H2,1-5H3/p+1/b17-16-,20-19-. The van der Waals surface area contributed by atoms with Gasteiger partial charge in [-0.15, -0.1) is 0 Å². The predicted molar refractivity (Wildman–Crippen MR) is 224 cm³/mol. The zero-order valence-electron chi connectivity index (χ0n) is 35.7.